The van der Waals surface area contributed by atoms with E-state index in [1.54, 1.807) is 0 Å². The third-order valence-electron chi connectivity index (χ3n) is 4.43. The van der Waals surface area contributed by atoms with Crippen LogP contribution in [0, 0.1) is 0 Å². The molecule has 0 saturated carbocycles. The van der Waals surface area contributed by atoms with Gasteiger partial charge in [-0.25, -0.2) is 9.97 Å². The van der Waals surface area contributed by atoms with Crippen molar-refractivity contribution in [3.63, 3.8) is 0 Å². The molecule has 0 spiro atoms. The maximum absolute atomic E-state index is 12.5. The van der Waals surface area contributed by atoms with Gasteiger partial charge in [0.25, 0.3) is 0 Å². The molecule has 0 aliphatic carbocycles. The van der Waals surface area contributed by atoms with Crippen molar-refractivity contribution in [3.05, 3.63) is 18.0 Å². The van der Waals surface area contributed by atoms with Gasteiger partial charge in [0.1, 0.15) is 0 Å². The molecule has 1 aromatic rings. The fourth-order valence-corrected chi connectivity index (χ4v) is 3.10. The van der Waals surface area contributed by atoms with Gasteiger partial charge >= 0.3 is 6.18 Å². The smallest absolute Gasteiger partial charge is 0.341 e. The molecular weight excluding hydrogens is 311 g/mol. The number of carbonyl (C=O) groups is 1. The minimum Gasteiger partial charge on any atom is -0.341 e. The number of alkyl halides is 3. The summed E-state index contributed by atoms with van der Waals surface area (Å²) < 4.78 is 37.5. The summed E-state index contributed by atoms with van der Waals surface area (Å²) >= 11 is 0. The molecular formula is C14H18F3N5O. The van der Waals surface area contributed by atoms with Crippen molar-refractivity contribution in [2.75, 3.05) is 24.5 Å². The Hall–Kier alpha value is -1.90. The summed E-state index contributed by atoms with van der Waals surface area (Å²) in [7, 11) is 0. The predicted octanol–water partition coefficient (Wildman–Crippen LogP) is 1.02. The lowest BCUT2D eigenvalue weighted by molar-refractivity contribution is -0.138. The van der Waals surface area contributed by atoms with Gasteiger partial charge in [-0.15, -0.1) is 0 Å². The van der Waals surface area contributed by atoms with Crippen molar-refractivity contribution in [2.24, 2.45) is 5.73 Å². The first-order valence-electron chi connectivity index (χ1n) is 7.56. The maximum Gasteiger partial charge on any atom is 0.419 e. The van der Waals surface area contributed by atoms with Crippen LogP contribution in [0.25, 0.3) is 0 Å². The van der Waals surface area contributed by atoms with E-state index in [0.717, 1.165) is 25.2 Å². The molecule has 9 heteroatoms. The van der Waals surface area contributed by atoms with Gasteiger partial charge in [-0.1, -0.05) is 0 Å². The van der Waals surface area contributed by atoms with Crippen molar-refractivity contribution in [3.8, 4) is 0 Å². The van der Waals surface area contributed by atoms with E-state index in [2.05, 4.69) is 9.97 Å². The van der Waals surface area contributed by atoms with Crippen LogP contribution in [0.1, 0.15) is 24.8 Å². The van der Waals surface area contributed by atoms with E-state index in [0.29, 0.717) is 32.0 Å². The number of amides is 1. The third kappa shape index (κ3) is 3.24. The van der Waals surface area contributed by atoms with Crippen molar-refractivity contribution < 1.29 is 18.0 Å². The van der Waals surface area contributed by atoms with Crippen LogP contribution >= 0.6 is 0 Å². The first-order chi connectivity index (χ1) is 10.9. The molecule has 1 amide bonds. The first-order valence-corrected chi connectivity index (χ1v) is 7.56. The number of likely N-dealkylation sites (tertiary alicyclic amines) is 1. The molecule has 1 atom stereocenters. The molecule has 126 valence electrons. The lowest BCUT2D eigenvalue weighted by Gasteiger charge is -2.36. The molecule has 2 fully saturated rings. The molecule has 23 heavy (non-hydrogen) atoms. The van der Waals surface area contributed by atoms with Gasteiger partial charge < -0.3 is 15.5 Å². The number of hydrogen-bond donors (Lipinski definition) is 1. The molecule has 0 aromatic carbocycles. The van der Waals surface area contributed by atoms with Gasteiger partial charge in [-0.2, -0.15) is 13.2 Å². The zero-order valence-corrected chi connectivity index (χ0v) is 12.5. The van der Waals surface area contributed by atoms with Crippen molar-refractivity contribution in [1.29, 1.82) is 0 Å². The van der Waals surface area contributed by atoms with Crippen LogP contribution in [0.2, 0.25) is 0 Å². The Morgan fingerprint density at radius 2 is 1.70 bits per heavy atom. The van der Waals surface area contributed by atoms with E-state index in [1.165, 1.54) is 0 Å². The van der Waals surface area contributed by atoms with Crippen molar-refractivity contribution in [1.82, 2.24) is 14.9 Å². The Balaban J connectivity index is 1.60. The SMILES string of the molecule is NC1CCN(C2CCN(c3ncc(C(F)(F)F)cn3)CC2)C1=O. The van der Waals surface area contributed by atoms with Crippen LogP contribution in [-0.2, 0) is 11.0 Å². The Bertz CT molecular complexity index is 569. The fraction of sp³-hybridized carbons (Fsp3) is 0.643. The average Bonchev–Trinajstić information content (AvgIpc) is 2.86. The first kappa shape index (κ1) is 16.0. The highest BCUT2D eigenvalue weighted by molar-refractivity contribution is 5.84. The van der Waals surface area contributed by atoms with Crippen LogP contribution in [0.15, 0.2) is 12.4 Å². The molecule has 2 aliphatic rings. The zero-order valence-electron chi connectivity index (χ0n) is 12.5. The fourth-order valence-electron chi connectivity index (χ4n) is 3.10. The number of nitrogens with two attached hydrogens (primary N) is 1. The third-order valence-corrected chi connectivity index (χ3v) is 4.43. The molecule has 2 saturated heterocycles. The van der Waals surface area contributed by atoms with Crippen LogP contribution in [0.4, 0.5) is 19.1 Å². The molecule has 2 aliphatic heterocycles. The second-order valence-electron chi connectivity index (χ2n) is 5.91. The number of anilines is 1. The number of nitrogens with zero attached hydrogens (tertiary/aromatic N) is 4. The van der Waals surface area contributed by atoms with Gasteiger partial charge in [0, 0.05) is 38.1 Å². The monoisotopic (exact) mass is 329 g/mol. The van der Waals surface area contributed by atoms with Gasteiger partial charge in [0.15, 0.2) is 0 Å². The molecule has 3 rings (SSSR count). The molecule has 2 N–H and O–H groups in total. The Labute approximate surface area is 131 Å². The van der Waals surface area contributed by atoms with Gasteiger partial charge in [0.05, 0.1) is 11.6 Å². The second kappa shape index (κ2) is 5.95. The summed E-state index contributed by atoms with van der Waals surface area (Å²) in [5.41, 5.74) is 4.88. The number of carbonyl (C=O) groups excluding carboxylic acids is 1. The summed E-state index contributed by atoms with van der Waals surface area (Å²) in [6.07, 6.45) is -0.665. The van der Waals surface area contributed by atoms with Gasteiger partial charge in [-0.3, -0.25) is 4.79 Å². The van der Waals surface area contributed by atoms with E-state index in [-0.39, 0.29) is 11.9 Å². The molecule has 0 radical (unpaired) electrons. The van der Waals surface area contributed by atoms with Gasteiger partial charge in [0.2, 0.25) is 11.9 Å². The highest BCUT2D eigenvalue weighted by Gasteiger charge is 2.36. The highest BCUT2D eigenvalue weighted by Crippen LogP contribution is 2.29. The van der Waals surface area contributed by atoms with E-state index in [9.17, 15) is 18.0 Å². The number of aromatic nitrogens is 2. The van der Waals surface area contributed by atoms with E-state index < -0.39 is 17.8 Å². The van der Waals surface area contributed by atoms with Crippen molar-refractivity contribution >= 4 is 11.9 Å². The normalized spacial score (nSPS) is 23.7. The topological polar surface area (TPSA) is 75.3 Å². The highest BCUT2D eigenvalue weighted by atomic mass is 19.4. The van der Waals surface area contributed by atoms with Crippen LogP contribution < -0.4 is 10.6 Å². The molecule has 0 bridgehead atoms. The minimum atomic E-state index is -4.43. The summed E-state index contributed by atoms with van der Waals surface area (Å²) in [6.45, 7) is 1.89. The van der Waals surface area contributed by atoms with Crippen molar-refractivity contribution in [2.45, 2.75) is 37.5 Å². The average molecular weight is 329 g/mol. The number of halogens is 3. The van der Waals surface area contributed by atoms with Crippen LogP contribution in [0.3, 0.4) is 0 Å². The predicted molar refractivity (Wildman–Crippen MR) is 76.6 cm³/mol. The minimum absolute atomic E-state index is 0.00534. The summed E-state index contributed by atoms with van der Waals surface area (Å²) in [5.74, 6) is 0.287. The zero-order chi connectivity index (χ0) is 16.6. The number of piperidine rings is 1. The lowest BCUT2D eigenvalue weighted by atomic mass is 10.0. The van der Waals surface area contributed by atoms with Crippen LogP contribution in [-0.4, -0.2) is 52.5 Å². The summed E-state index contributed by atoms with van der Waals surface area (Å²) in [6, 6.07) is -0.256. The van der Waals surface area contributed by atoms with Crippen LogP contribution in [0.5, 0.6) is 0 Å². The lowest BCUT2D eigenvalue weighted by Crippen LogP contribution is -2.47. The maximum atomic E-state index is 12.5. The largest absolute Gasteiger partial charge is 0.419 e. The van der Waals surface area contributed by atoms with E-state index in [1.807, 2.05) is 9.80 Å². The Morgan fingerprint density at radius 3 is 2.17 bits per heavy atom. The molecule has 1 unspecified atom stereocenters. The Morgan fingerprint density at radius 1 is 1.09 bits per heavy atom. The Kier molecular flexibility index (Phi) is 4.13. The number of hydrogen-bond acceptors (Lipinski definition) is 5. The molecule has 6 nitrogen and oxygen atoms in total. The van der Waals surface area contributed by atoms with E-state index >= 15 is 0 Å². The summed E-state index contributed by atoms with van der Waals surface area (Å²) in [5, 5.41) is 0. The second-order valence-corrected chi connectivity index (χ2v) is 5.91. The quantitative estimate of drug-likeness (QED) is 0.877. The van der Waals surface area contributed by atoms with Gasteiger partial charge in [-0.05, 0) is 19.3 Å². The van der Waals surface area contributed by atoms with E-state index in [4.69, 9.17) is 5.73 Å². The summed E-state index contributed by atoms with van der Waals surface area (Å²) in [4.78, 5) is 23.2. The molecule has 1 aromatic heterocycles. The molecule has 3 heterocycles. The number of rotatable bonds is 2. The standard InChI is InChI=1S/C14H18F3N5O/c15-14(16,17)9-7-19-13(20-8-9)21-4-1-10(2-5-21)22-6-3-11(18)12(22)23/h7-8,10-11H,1-6,18H2.